The SMILES string of the molecule is O=C1c2ccccc2C(Br)N1C1(C(F)(F)F)CCCCC1. The zero-order valence-corrected chi connectivity index (χ0v) is 12.9. The number of carbonyl (C=O) groups is 1. The van der Waals surface area contributed by atoms with Gasteiger partial charge in [-0.1, -0.05) is 53.4 Å². The molecular weight excluding hydrogens is 347 g/mol. The minimum Gasteiger partial charge on any atom is -0.307 e. The van der Waals surface area contributed by atoms with E-state index in [4.69, 9.17) is 0 Å². The van der Waals surface area contributed by atoms with E-state index in [0.717, 1.165) is 11.3 Å². The molecular formula is C15H15BrF3NO. The van der Waals surface area contributed by atoms with Crippen molar-refractivity contribution in [1.29, 1.82) is 0 Å². The van der Waals surface area contributed by atoms with Crippen molar-refractivity contribution in [3.63, 3.8) is 0 Å². The Kier molecular flexibility index (Phi) is 3.55. The average molecular weight is 362 g/mol. The molecule has 2 aliphatic rings. The van der Waals surface area contributed by atoms with E-state index < -0.39 is 22.6 Å². The van der Waals surface area contributed by atoms with Gasteiger partial charge in [-0.2, -0.15) is 13.2 Å². The molecule has 1 unspecified atom stereocenters. The normalized spacial score (nSPS) is 25.0. The largest absolute Gasteiger partial charge is 0.411 e. The Morgan fingerprint density at radius 1 is 1.14 bits per heavy atom. The third-order valence-electron chi connectivity index (χ3n) is 4.56. The predicted molar refractivity (Wildman–Crippen MR) is 76.2 cm³/mol. The number of amides is 1. The molecule has 0 aromatic heterocycles. The summed E-state index contributed by atoms with van der Waals surface area (Å²) in [5, 5.41) is 0. The van der Waals surface area contributed by atoms with Crippen LogP contribution in [0.3, 0.4) is 0 Å². The topological polar surface area (TPSA) is 20.3 Å². The van der Waals surface area contributed by atoms with Crippen molar-refractivity contribution in [2.45, 2.75) is 48.8 Å². The minimum absolute atomic E-state index is 0.0155. The Morgan fingerprint density at radius 3 is 2.33 bits per heavy atom. The molecule has 1 atom stereocenters. The molecule has 0 spiro atoms. The van der Waals surface area contributed by atoms with Crippen LogP contribution < -0.4 is 0 Å². The van der Waals surface area contributed by atoms with E-state index in [2.05, 4.69) is 15.9 Å². The second-order valence-electron chi connectivity index (χ2n) is 5.69. The summed E-state index contributed by atoms with van der Waals surface area (Å²) in [6.45, 7) is 0. The Hall–Kier alpha value is -1.04. The third-order valence-corrected chi connectivity index (χ3v) is 5.47. The van der Waals surface area contributed by atoms with Gasteiger partial charge in [-0.05, 0) is 24.5 Å². The van der Waals surface area contributed by atoms with Crippen LogP contribution in [0.15, 0.2) is 24.3 Å². The number of alkyl halides is 4. The molecule has 0 bridgehead atoms. The monoisotopic (exact) mass is 361 g/mol. The van der Waals surface area contributed by atoms with Crippen LogP contribution in [-0.2, 0) is 0 Å². The summed E-state index contributed by atoms with van der Waals surface area (Å²) in [4.78, 5) is 12.9. The zero-order valence-electron chi connectivity index (χ0n) is 11.3. The van der Waals surface area contributed by atoms with Gasteiger partial charge in [0.2, 0.25) is 0 Å². The van der Waals surface area contributed by atoms with E-state index >= 15 is 0 Å². The van der Waals surface area contributed by atoms with Crippen LogP contribution in [-0.4, -0.2) is 22.5 Å². The van der Waals surface area contributed by atoms with Crippen molar-refractivity contribution in [2.75, 3.05) is 0 Å². The molecule has 2 nitrogen and oxygen atoms in total. The van der Waals surface area contributed by atoms with Gasteiger partial charge in [0.25, 0.3) is 5.91 Å². The van der Waals surface area contributed by atoms with Crippen LogP contribution in [0, 0.1) is 0 Å². The molecule has 1 aliphatic carbocycles. The first-order valence-corrected chi connectivity index (χ1v) is 7.93. The summed E-state index contributed by atoms with van der Waals surface area (Å²) < 4.78 is 41.4. The predicted octanol–water partition coefficient (Wildman–Crippen LogP) is 4.80. The number of hydrogen-bond donors (Lipinski definition) is 0. The number of hydrogen-bond acceptors (Lipinski definition) is 1. The summed E-state index contributed by atoms with van der Waals surface area (Å²) in [5.74, 6) is -0.522. The lowest BCUT2D eigenvalue weighted by molar-refractivity contribution is -0.234. The maximum Gasteiger partial charge on any atom is 0.411 e. The quantitative estimate of drug-likeness (QED) is 0.519. The lowest BCUT2D eigenvalue weighted by Crippen LogP contribution is -2.60. The highest BCUT2D eigenvalue weighted by Crippen LogP contribution is 2.53. The highest BCUT2D eigenvalue weighted by Gasteiger charge is 2.62. The average Bonchev–Trinajstić information content (AvgIpc) is 2.71. The Balaban J connectivity index is 2.08. The molecule has 0 N–H and O–H groups in total. The summed E-state index contributed by atoms with van der Waals surface area (Å²) in [6.07, 6.45) is -2.66. The van der Waals surface area contributed by atoms with Crippen LogP contribution in [0.5, 0.6) is 0 Å². The fourth-order valence-electron chi connectivity index (χ4n) is 3.48. The van der Waals surface area contributed by atoms with Gasteiger partial charge in [0.1, 0.15) is 10.5 Å². The highest BCUT2D eigenvalue weighted by molar-refractivity contribution is 9.09. The number of nitrogens with zero attached hydrogens (tertiary/aromatic N) is 1. The molecule has 1 heterocycles. The van der Waals surface area contributed by atoms with E-state index in [-0.39, 0.29) is 12.8 Å². The van der Waals surface area contributed by atoms with Crippen molar-refractivity contribution < 1.29 is 18.0 Å². The maximum absolute atomic E-state index is 13.8. The van der Waals surface area contributed by atoms with Gasteiger partial charge in [0.05, 0.1) is 0 Å². The van der Waals surface area contributed by atoms with Crippen LogP contribution in [0.1, 0.15) is 53.0 Å². The molecule has 1 fully saturated rings. The fourth-order valence-corrected chi connectivity index (χ4v) is 4.46. The summed E-state index contributed by atoms with van der Waals surface area (Å²) in [7, 11) is 0. The smallest absolute Gasteiger partial charge is 0.307 e. The molecule has 6 heteroatoms. The molecule has 1 aromatic rings. The molecule has 21 heavy (non-hydrogen) atoms. The van der Waals surface area contributed by atoms with E-state index in [1.54, 1.807) is 24.3 Å². The maximum atomic E-state index is 13.8. The van der Waals surface area contributed by atoms with Crippen molar-refractivity contribution in [3.05, 3.63) is 35.4 Å². The second-order valence-corrected chi connectivity index (χ2v) is 6.56. The van der Waals surface area contributed by atoms with Gasteiger partial charge >= 0.3 is 6.18 Å². The molecule has 3 rings (SSSR count). The Bertz CT molecular complexity index is 566. The van der Waals surface area contributed by atoms with Gasteiger partial charge in [-0.15, -0.1) is 0 Å². The number of halogens is 4. The Labute approximate surface area is 129 Å². The van der Waals surface area contributed by atoms with Crippen molar-refractivity contribution in [2.24, 2.45) is 0 Å². The van der Waals surface area contributed by atoms with Crippen LogP contribution in [0.4, 0.5) is 13.2 Å². The van der Waals surface area contributed by atoms with Gasteiger partial charge in [-0.25, -0.2) is 0 Å². The van der Waals surface area contributed by atoms with E-state index in [1.165, 1.54) is 0 Å². The summed E-state index contributed by atoms with van der Waals surface area (Å²) in [6, 6.07) is 6.73. The number of benzene rings is 1. The molecule has 0 saturated heterocycles. The van der Waals surface area contributed by atoms with E-state index in [0.29, 0.717) is 24.0 Å². The highest BCUT2D eigenvalue weighted by atomic mass is 79.9. The van der Waals surface area contributed by atoms with E-state index in [1.807, 2.05) is 0 Å². The Morgan fingerprint density at radius 2 is 1.76 bits per heavy atom. The zero-order chi connectivity index (χ0) is 15.3. The molecule has 0 radical (unpaired) electrons. The molecule has 1 saturated carbocycles. The summed E-state index contributed by atoms with van der Waals surface area (Å²) in [5.41, 5.74) is -1.06. The first kappa shape index (κ1) is 14.9. The second kappa shape index (κ2) is 5.00. The first-order valence-electron chi connectivity index (χ1n) is 7.02. The lowest BCUT2D eigenvalue weighted by atomic mass is 9.79. The number of carbonyl (C=O) groups excluding carboxylic acids is 1. The fraction of sp³-hybridized carbons (Fsp3) is 0.533. The van der Waals surface area contributed by atoms with Gasteiger partial charge in [-0.3, -0.25) is 4.79 Å². The number of fused-ring (bicyclic) bond motifs is 1. The standard InChI is InChI=1S/C15H15BrF3NO/c16-12-10-6-2-3-7-11(10)13(21)20(12)14(15(17,18)19)8-4-1-5-9-14/h2-3,6-7,12H,1,4-5,8-9H2. The number of rotatable bonds is 1. The van der Waals surface area contributed by atoms with Crippen molar-refractivity contribution in [3.8, 4) is 0 Å². The van der Waals surface area contributed by atoms with Crippen molar-refractivity contribution >= 4 is 21.8 Å². The van der Waals surface area contributed by atoms with Crippen LogP contribution >= 0.6 is 15.9 Å². The van der Waals surface area contributed by atoms with E-state index in [9.17, 15) is 18.0 Å². The molecule has 1 aliphatic heterocycles. The minimum atomic E-state index is -4.42. The van der Waals surface area contributed by atoms with Crippen LogP contribution in [0.25, 0.3) is 0 Å². The van der Waals surface area contributed by atoms with Gasteiger partial charge in [0.15, 0.2) is 0 Å². The third kappa shape index (κ3) is 2.10. The van der Waals surface area contributed by atoms with Crippen molar-refractivity contribution in [1.82, 2.24) is 4.90 Å². The summed E-state index contributed by atoms with van der Waals surface area (Å²) >= 11 is 3.31. The van der Waals surface area contributed by atoms with Gasteiger partial charge in [0, 0.05) is 5.56 Å². The molecule has 114 valence electrons. The molecule has 1 aromatic carbocycles. The lowest BCUT2D eigenvalue weighted by Gasteiger charge is -2.47. The first-order chi connectivity index (χ1) is 9.88. The molecule has 1 amide bonds. The van der Waals surface area contributed by atoms with Gasteiger partial charge < -0.3 is 4.90 Å². The van der Waals surface area contributed by atoms with Crippen LogP contribution in [0.2, 0.25) is 0 Å².